The average Bonchev–Trinajstić information content (AvgIpc) is 2.66. The summed E-state index contributed by atoms with van der Waals surface area (Å²) in [5.74, 6) is 1.03. The lowest BCUT2D eigenvalue weighted by Gasteiger charge is -2.21. The smallest absolute Gasteiger partial charge is 0.223 e. The normalized spacial score (nSPS) is 17.3. The van der Waals surface area contributed by atoms with E-state index in [2.05, 4.69) is 5.32 Å². The number of carbonyl (C=O) groups excluding carboxylic acids is 1. The summed E-state index contributed by atoms with van der Waals surface area (Å²) in [5.41, 5.74) is 0. The number of carbonyl (C=O) groups is 1. The van der Waals surface area contributed by atoms with Crippen LogP contribution in [0.2, 0.25) is 0 Å². The van der Waals surface area contributed by atoms with E-state index in [1.54, 1.807) is 0 Å². The summed E-state index contributed by atoms with van der Waals surface area (Å²) in [5, 5.41) is 3.00. The highest BCUT2D eigenvalue weighted by atomic mass is 16.2. The van der Waals surface area contributed by atoms with E-state index >= 15 is 0 Å². The fraction of sp³-hybridized carbons (Fsp3) is 0.909. The average molecular weight is 198 g/mol. The topological polar surface area (TPSA) is 32.3 Å². The largest absolute Gasteiger partial charge is 0.345 e. The Morgan fingerprint density at radius 2 is 2.07 bits per heavy atom. The lowest BCUT2D eigenvalue weighted by Crippen LogP contribution is -2.32. The van der Waals surface area contributed by atoms with Crippen LogP contribution in [-0.2, 0) is 4.79 Å². The fourth-order valence-corrected chi connectivity index (χ4v) is 2.10. The van der Waals surface area contributed by atoms with E-state index in [0.29, 0.717) is 6.42 Å². The van der Waals surface area contributed by atoms with Gasteiger partial charge in [-0.25, -0.2) is 0 Å². The fourth-order valence-electron chi connectivity index (χ4n) is 2.10. The van der Waals surface area contributed by atoms with Crippen molar-refractivity contribution in [3.63, 3.8) is 0 Å². The number of hydrogen-bond acceptors (Lipinski definition) is 2. The van der Waals surface area contributed by atoms with Crippen LogP contribution >= 0.6 is 0 Å². The van der Waals surface area contributed by atoms with Gasteiger partial charge in [0, 0.05) is 26.6 Å². The number of nitrogens with zero attached hydrogens (tertiary/aromatic N) is 1. The summed E-state index contributed by atoms with van der Waals surface area (Å²) in [6.45, 7) is 1.75. The lowest BCUT2D eigenvalue weighted by molar-refractivity contribution is -0.130. The monoisotopic (exact) mass is 198 g/mol. The zero-order chi connectivity index (χ0) is 10.4. The van der Waals surface area contributed by atoms with Gasteiger partial charge in [-0.05, 0) is 25.8 Å². The Morgan fingerprint density at radius 3 is 2.64 bits per heavy atom. The van der Waals surface area contributed by atoms with E-state index in [1.165, 1.54) is 25.7 Å². The van der Waals surface area contributed by atoms with E-state index in [4.69, 9.17) is 0 Å². The molecule has 0 aromatic heterocycles. The van der Waals surface area contributed by atoms with Crippen molar-refractivity contribution in [3.8, 4) is 0 Å². The SMILES string of the molecule is CNCCC(=O)N(C)CC1CCCC1. The summed E-state index contributed by atoms with van der Waals surface area (Å²) < 4.78 is 0. The second kappa shape index (κ2) is 6.02. The van der Waals surface area contributed by atoms with Crippen LogP contribution in [0.1, 0.15) is 32.1 Å². The first-order valence-corrected chi connectivity index (χ1v) is 5.62. The lowest BCUT2D eigenvalue weighted by atomic mass is 10.1. The van der Waals surface area contributed by atoms with Crippen molar-refractivity contribution in [3.05, 3.63) is 0 Å². The van der Waals surface area contributed by atoms with E-state index in [1.807, 2.05) is 19.0 Å². The van der Waals surface area contributed by atoms with Gasteiger partial charge in [-0.2, -0.15) is 0 Å². The number of rotatable bonds is 5. The molecular weight excluding hydrogens is 176 g/mol. The van der Waals surface area contributed by atoms with Gasteiger partial charge in [-0.15, -0.1) is 0 Å². The Balaban J connectivity index is 2.18. The van der Waals surface area contributed by atoms with Crippen molar-refractivity contribution in [2.24, 2.45) is 5.92 Å². The zero-order valence-corrected chi connectivity index (χ0v) is 9.38. The molecule has 1 rings (SSSR count). The van der Waals surface area contributed by atoms with Crippen LogP contribution in [-0.4, -0.2) is 38.0 Å². The van der Waals surface area contributed by atoms with Crippen LogP contribution in [0.15, 0.2) is 0 Å². The van der Waals surface area contributed by atoms with E-state index in [-0.39, 0.29) is 5.91 Å². The van der Waals surface area contributed by atoms with Gasteiger partial charge in [0.1, 0.15) is 0 Å². The molecule has 0 heterocycles. The van der Waals surface area contributed by atoms with E-state index < -0.39 is 0 Å². The number of nitrogens with one attached hydrogen (secondary N) is 1. The van der Waals surface area contributed by atoms with Crippen molar-refractivity contribution >= 4 is 5.91 Å². The maximum absolute atomic E-state index is 11.6. The third-order valence-corrected chi connectivity index (χ3v) is 3.02. The van der Waals surface area contributed by atoms with Gasteiger partial charge in [0.05, 0.1) is 0 Å². The van der Waals surface area contributed by atoms with Crippen molar-refractivity contribution < 1.29 is 4.79 Å². The molecule has 14 heavy (non-hydrogen) atoms. The molecular formula is C11H22N2O. The van der Waals surface area contributed by atoms with Crippen molar-refractivity contribution in [1.82, 2.24) is 10.2 Å². The Hall–Kier alpha value is -0.570. The summed E-state index contributed by atoms with van der Waals surface area (Å²) in [6, 6.07) is 0. The minimum absolute atomic E-state index is 0.270. The Kier molecular flexibility index (Phi) is 4.94. The van der Waals surface area contributed by atoms with Crippen LogP contribution in [0.25, 0.3) is 0 Å². The second-order valence-corrected chi connectivity index (χ2v) is 4.28. The maximum atomic E-state index is 11.6. The summed E-state index contributed by atoms with van der Waals surface area (Å²) in [7, 11) is 3.81. The Morgan fingerprint density at radius 1 is 1.43 bits per heavy atom. The molecule has 0 radical (unpaired) electrons. The predicted octanol–water partition coefficient (Wildman–Crippen LogP) is 1.24. The second-order valence-electron chi connectivity index (χ2n) is 4.28. The Labute approximate surface area is 86.9 Å². The molecule has 0 aromatic carbocycles. The minimum Gasteiger partial charge on any atom is -0.345 e. The van der Waals surface area contributed by atoms with Gasteiger partial charge in [-0.3, -0.25) is 4.79 Å². The molecule has 0 aliphatic heterocycles. The molecule has 0 spiro atoms. The van der Waals surface area contributed by atoms with Gasteiger partial charge in [-0.1, -0.05) is 12.8 Å². The first-order chi connectivity index (χ1) is 6.74. The highest BCUT2D eigenvalue weighted by molar-refractivity contribution is 5.76. The van der Waals surface area contributed by atoms with Gasteiger partial charge in [0.15, 0.2) is 0 Å². The molecule has 0 atom stereocenters. The first-order valence-electron chi connectivity index (χ1n) is 5.62. The van der Waals surface area contributed by atoms with Crippen LogP contribution in [0.3, 0.4) is 0 Å². The van der Waals surface area contributed by atoms with Gasteiger partial charge in [0.2, 0.25) is 5.91 Å². The van der Waals surface area contributed by atoms with Crippen LogP contribution < -0.4 is 5.32 Å². The molecule has 0 unspecified atom stereocenters. The summed E-state index contributed by atoms with van der Waals surface area (Å²) in [4.78, 5) is 13.5. The van der Waals surface area contributed by atoms with Crippen LogP contribution in [0.4, 0.5) is 0 Å². The molecule has 1 fully saturated rings. The molecule has 1 aliphatic carbocycles. The number of hydrogen-bond donors (Lipinski definition) is 1. The molecule has 3 heteroatoms. The van der Waals surface area contributed by atoms with E-state index in [0.717, 1.165) is 19.0 Å². The van der Waals surface area contributed by atoms with Crippen LogP contribution in [0, 0.1) is 5.92 Å². The van der Waals surface area contributed by atoms with Gasteiger partial charge < -0.3 is 10.2 Å². The molecule has 0 saturated heterocycles. The summed E-state index contributed by atoms with van der Waals surface area (Å²) >= 11 is 0. The molecule has 82 valence electrons. The number of amides is 1. The Bertz CT molecular complexity index is 176. The zero-order valence-electron chi connectivity index (χ0n) is 9.38. The first kappa shape index (κ1) is 11.5. The minimum atomic E-state index is 0.270. The van der Waals surface area contributed by atoms with Gasteiger partial charge >= 0.3 is 0 Å². The van der Waals surface area contributed by atoms with Crippen molar-refractivity contribution in [2.45, 2.75) is 32.1 Å². The highest BCUT2D eigenvalue weighted by Gasteiger charge is 2.18. The van der Waals surface area contributed by atoms with E-state index in [9.17, 15) is 4.79 Å². The maximum Gasteiger partial charge on any atom is 0.223 e. The van der Waals surface area contributed by atoms with Crippen LogP contribution in [0.5, 0.6) is 0 Å². The summed E-state index contributed by atoms with van der Waals surface area (Å²) in [6.07, 6.45) is 5.94. The third-order valence-electron chi connectivity index (χ3n) is 3.02. The standard InChI is InChI=1S/C11H22N2O/c1-12-8-7-11(14)13(2)9-10-5-3-4-6-10/h10,12H,3-9H2,1-2H3. The predicted molar refractivity (Wildman–Crippen MR) is 58.1 cm³/mol. The molecule has 0 aromatic rings. The molecule has 1 N–H and O–H groups in total. The molecule has 1 amide bonds. The highest BCUT2D eigenvalue weighted by Crippen LogP contribution is 2.25. The molecule has 1 aliphatic rings. The van der Waals surface area contributed by atoms with Gasteiger partial charge in [0.25, 0.3) is 0 Å². The van der Waals surface area contributed by atoms with Crippen molar-refractivity contribution in [2.75, 3.05) is 27.2 Å². The quantitative estimate of drug-likeness (QED) is 0.721. The molecule has 3 nitrogen and oxygen atoms in total. The third kappa shape index (κ3) is 3.66. The molecule has 0 bridgehead atoms. The molecule has 1 saturated carbocycles. The van der Waals surface area contributed by atoms with Crippen molar-refractivity contribution in [1.29, 1.82) is 0 Å².